The number of halogens is 2. The fourth-order valence-electron chi connectivity index (χ4n) is 1.32. The van der Waals surface area contributed by atoms with Crippen LogP contribution in [0.1, 0.15) is 0 Å². The SMILES string of the molecule is O=S(=O)(Sc1cccc(I)c1)c1cccc(I)c1. The molecular weight excluding hydrogens is 494 g/mol. The van der Waals surface area contributed by atoms with Crippen molar-refractivity contribution in [2.45, 2.75) is 9.79 Å². The molecule has 0 aliphatic heterocycles. The normalized spacial score (nSPS) is 11.4. The van der Waals surface area contributed by atoms with Crippen LogP contribution in [-0.4, -0.2) is 8.42 Å². The minimum atomic E-state index is -3.34. The van der Waals surface area contributed by atoms with E-state index in [1.807, 2.05) is 24.3 Å². The van der Waals surface area contributed by atoms with Gasteiger partial charge >= 0.3 is 0 Å². The van der Waals surface area contributed by atoms with E-state index in [-0.39, 0.29) is 0 Å². The molecule has 2 nitrogen and oxygen atoms in total. The largest absolute Gasteiger partial charge is 0.234 e. The molecule has 6 heteroatoms. The molecular formula is C12H8I2O2S2. The molecule has 0 amide bonds. The first-order chi connectivity index (χ1) is 8.47. The molecule has 0 spiro atoms. The number of hydrogen-bond donors (Lipinski definition) is 0. The molecule has 0 saturated heterocycles. The molecule has 0 atom stereocenters. The Bertz CT molecular complexity index is 669. The summed E-state index contributed by atoms with van der Waals surface area (Å²) in [7, 11) is -2.46. The molecule has 0 fully saturated rings. The second kappa shape index (κ2) is 6.10. The molecule has 2 aromatic carbocycles. The van der Waals surface area contributed by atoms with Gasteiger partial charge in [0.15, 0.2) is 0 Å². The molecule has 0 unspecified atom stereocenters. The lowest BCUT2D eigenvalue weighted by atomic mass is 10.4. The van der Waals surface area contributed by atoms with Crippen molar-refractivity contribution in [3.05, 3.63) is 55.7 Å². The number of hydrogen-bond acceptors (Lipinski definition) is 3. The summed E-state index contributed by atoms with van der Waals surface area (Å²) in [6.45, 7) is 0. The van der Waals surface area contributed by atoms with E-state index in [0.717, 1.165) is 22.8 Å². The van der Waals surface area contributed by atoms with Gasteiger partial charge in [0.25, 0.3) is 0 Å². The zero-order valence-electron chi connectivity index (χ0n) is 9.01. The van der Waals surface area contributed by atoms with Gasteiger partial charge in [0, 0.05) is 22.8 Å². The highest BCUT2D eigenvalue weighted by molar-refractivity contribution is 14.1. The highest BCUT2D eigenvalue weighted by Crippen LogP contribution is 2.31. The zero-order chi connectivity index (χ0) is 13.2. The minimum absolute atomic E-state index is 0.346. The van der Waals surface area contributed by atoms with Gasteiger partial charge < -0.3 is 0 Å². The third-order valence-corrected chi connectivity index (χ3v) is 6.74. The van der Waals surface area contributed by atoms with E-state index >= 15 is 0 Å². The predicted molar refractivity (Wildman–Crippen MR) is 91.4 cm³/mol. The van der Waals surface area contributed by atoms with Crippen molar-refractivity contribution < 1.29 is 8.42 Å². The smallest absolute Gasteiger partial charge is 0.212 e. The summed E-state index contributed by atoms with van der Waals surface area (Å²) in [5.74, 6) is 0. The molecule has 0 bridgehead atoms. The van der Waals surface area contributed by atoms with Crippen LogP contribution in [0.2, 0.25) is 0 Å². The van der Waals surface area contributed by atoms with Gasteiger partial charge in [0.1, 0.15) is 0 Å². The lowest BCUT2D eigenvalue weighted by Gasteiger charge is -2.04. The topological polar surface area (TPSA) is 34.1 Å². The van der Waals surface area contributed by atoms with Crippen LogP contribution < -0.4 is 0 Å². The monoisotopic (exact) mass is 502 g/mol. The van der Waals surface area contributed by atoms with E-state index < -0.39 is 8.87 Å². The first-order valence-electron chi connectivity index (χ1n) is 4.93. The Morgan fingerprint density at radius 2 is 1.50 bits per heavy atom. The van der Waals surface area contributed by atoms with E-state index in [1.54, 1.807) is 24.3 Å². The van der Waals surface area contributed by atoms with E-state index in [2.05, 4.69) is 45.2 Å². The van der Waals surface area contributed by atoms with Crippen molar-refractivity contribution in [2.24, 2.45) is 0 Å². The van der Waals surface area contributed by atoms with Crippen molar-refractivity contribution in [3.8, 4) is 0 Å². The van der Waals surface area contributed by atoms with Gasteiger partial charge in [-0.2, -0.15) is 0 Å². The Morgan fingerprint density at radius 3 is 2.11 bits per heavy atom. The van der Waals surface area contributed by atoms with Gasteiger partial charge in [0.05, 0.1) is 4.90 Å². The molecule has 0 aromatic heterocycles. The lowest BCUT2D eigenvalue weighted by molar-refractivity contribution is 0.610. The second-order valence-corrected chi connectivity index (χ2v) is 9.78. The molecule has 2 aromatic rings. The van der Waals surface area contributed by atoms with E-state index in [1.165, 1.54) is 0 Å². The van der Waals surface area contributed by atoms with Gasteiger partial charge in [-0.1, -0.05) is 12.1 Å². The Labute approximate surface area is 137 Å². The van der Waals surface area contributed by atoms with Crippen LogP contribution in [0.5, 0.6) is 0 Å². The van der Waals surface area contributed by atoms with E-state index in [9.17, 15) is 8.42 Å². The molecule has 0 heterocycles. The van der Waals surface area contributed by atoms with Gasteiger partial charge in [0.2, 0.25) is 8.87 Å². The third-order valence-electron chi connectivity index (χ3n) is 2.09. The number of benzene rings is 2. The van der Waals surface area contributed by atoms with Crippen molar-refractivity contribution >= 4 is 64.8 Å². The van der Waals surface area contributed by atoms with Gasteiger partial charge in [-0.05, 0) is 81.6 Å². The van der Waals surface area contributed by atoms with Crippen LogP contribution in [0.25, 0.3) is 0 Å². The van der Waals surface area contributed by atoms with Gasteiger partial charge in [-0.15, -0.1) is 0 Å². The maximum atomic E-state index is 12.2. The van der Waals surface area contributed by atoms with E-state index in [4.69, 9.17) is 0 Å². The summed E-state index contributed by atoms with van der Waals surface area (Å²) in [6.07, 6.45) is 0. The molecule has 94 valence electrons. The maximum Gasteiger partial charge on any atom is 0.234 e. The zero-order valence-corrected chi connectivity index (χ0v) is 15.0. The molecule has 0 aliphatic rings. The molecule has 2 rings (SSSR count). The van der Waals surface area contributed by atoms with Crippen LogP contribution in [0.3, 0.4) is 0 Å². The average Bonchev–Trinajstić information content (AvgIpc) is 2.28. The minimum Gasteiger partial charge on any atom is -0.212 e. The fraction of sp³-hybridized carbons (Fsp3) is 0. The fourth-order valence-corrected chi connectivity index (χ4v) is 5.67. The first-order valence-corrected chi connectivity index (χ1v) is 9.90. The van der Waals surface area contributed by atoms with Crippen LogP contribution in [0, 0.1) is 7.14 Å². The van der Waals surface area contributed by atoms with E-state index in [0.29, 0.717) is 4.90 Å². The average molecular weight is 502 g/mol. The Hall–Kier alpha value is 0.200. The molecule has 0 N–H and O–H groups in total. The van der Waals surface area contributed by atoms with Crippen LogP contribution in [0.4, 0.5) is 0 Å². The van der Waals surface area contributed by atoms with Gasteiger partial charge in [-0.3, -0.25) is 0 Å². The van der Waals surface area contributed by atoms with Crippen molar-refractivity contribution in [1.82, 2.24) is 0 Å². The quantitative estimate of drug-likeness (QED) is 0.462. The van der Waals surface area contributed by atoms with Crippen LogP contribution >= 0.6 is 56.0 Å². The highest BCUT2D eigenvalue weighted by atomic mass is 127. The summed E-state index contributed by atoms with van der Waals surface area (Å²) < 4.78 is 26.4. The molecule has 0 radical (unpaired) electrons. The summed E-state index contributed by atoms with van der Waals surface area (Å²) in [4.78, 5) is 1.08. The Morgan fingerprint density at radius 1 is 0.889 bits per heavy atom. The Kier molecular flexibility index (Phi) is 4.95. The molecule has 0 saturated carbocycles. The summed E-state index contributed by atoms with van der Waals surface area (Å²) in [5, 5.41) is 0. The third kappa shape index (κ3) is 3.84. The Balaban J connectivity index is 2.33. The van der Waals surface area contributed by atoms with Gasteiger partial charge in [-0.25, -0.2) is 8.42 Å². The maximum absolute atomic E-state index is 12.2. The van der Waals surface area contributed by atoms with Crippen molar-refractivity contribution in [2.75, 3.05) is 0 Å². The summed E-state index contributed by atoms with van der Waals surface area (Å²) in [6, 6.07) is 14.4. The van der Waals surface area contributed by atoms with Crippen LogP contribution in [0.15, 0.2) is 58.3 Å². The number of rotatable bonds is 3. The first kappa shape index (κ1) is 14.6. The van der Waals surface area contributed by atoms with Crippen molar-refractivity contribution in [3.63, 3.8) is 0 Å². The van der Waals surface area contributed by atoms with Crippen LogP contribution in [-0.2, 0) is 8.87 Å². The standard InChI is InChI=1S/C12H8I2O2S2/c13-9-3-1-5-11(7-9)17-18(15,16)12-6-2-4-10(14)8-12/h1-8H. The molecule has 0 aliphatic carbocycles. The highest BCUT2D eigenvalue weighted by Gasteiger charge is 2.16. The molecule has 18 heavy (non-hydrogen) atoms. The summed E-state index contributed by atoms with van der Waals surface area (Å²) >= 11 is 4.27. The summed E-state index contributed by atoms with van der Waals surface area (Å²) in [5.41, 5.74) is 0. The van der Waals surface area contributed by atoms with Crippen molar-refractivity contribution in [1.29, 1.82) is 0 Å². The predicted octanol–water partition coefficient (Wildman–Crippen LogP) is 4.38. The lowest BCUT2D eigenvalue weighted by Crippen LogP contribution is -1.95. The second-order valence-electron chi connectivity index (χ2n) is 3.45.